The summed E-state index contributed by atoms with van der Waals surface area (Å²) >= 11 is 0. The molecule has 1 amide bonds. The Kier molecular flexibility index (Phi) is 2.54. The molecule has 2 atom stereocenters. The van der Waals surface area contributed by atoms with Crippen LogP contribution in [0.3, 0.4) is 0 Å². The smallest absolute Gasteiger partial charge is 0.250 e. The Balaban J connectivity index is 2.12. The Hall–Kier alpha value is -2.32. The Labute approximate surface area is 110 Å². The van der Waals surface area contributed by atoms with Gasteiger partial charge in [0.25, 0.3) is 0 Å². The number of hydrogen-bond acceptors (Lipinski definition) is 4. The number of nitrogens with one attached hydrogen (secondary N) is 2. The predicted octanol–water partition coefficient (Wildman–Crippen LogP) is 1.11. The van der Waals surface area contributed by atoms with Crippen LogP contribution in [0.1, 0.15) is 19.1 Å². The van der Waals surface area contributed by atoms with Crippen molar-refractivity contribution in [1.29, 1.82) is 0 Å². The van der Waals surface area contributed by atoms with Crippen molar-refractivity contribution in [1.82, 2.24) is 15.6 Å². The van der Waals surface area contributed by atoms with Crippen LogP contribution in [-0.4, -0.2) is 17.1 Å². The minimum atomic E-state index is -0.919. The number of carbonyl (C=O) groups excluding carboxylic acids is 1. The van der Waals surface area contributed by atoms with E-state index in [4.69, 9.17) is 10.8 Å². The monoisotopic (exact) mass is 255 g/mol. The van der Waals surface area contributed by atoms with E-state index in [1.54, 1.807) is 6.20 Å². The number of carbonyl (C=O) groups is 1. The number of rotatable bonds is 2. The molecule has 3 rings (SSSR count). The van der Waals surface area contributed by atoms with Crippen LogP contribution in [0.5, 0.6) is 0 Å². The summed E-state index contributed by atoms with van der Waals surface area (Å²) in [6.07, 6.45) is 7.07. The fraction of sp³-hybridized carbons (Fsp3) is 0.286. The fourth-order valence-electron chi connectivity index (χ4n) is 2.39. The number of pyridine rings is 1. The summed E-state index contributed by atoms with van der Waals surface area (Å²) in [5.41, 5.74) is -0.401. The van der Waals surface area contributed by atoms with E-state index in [1.807, 2.05) is 25.1 Å². The lowest BCUT2D eigenvalue weighted by atomic mass is 9.93. The molecule has 0 bridgehead atoms. The maximum absolute atomic E-state index is 12.2. The molecule has 0 aromatic carbocycles. The first-order valence-corrected chi connectivity index (χ1v) is 6.09. The molecule has 1 aliphatic rings. The molecule has 3 heterocycles. The quantitative estimate of drug-likeness (QED) is 0.789. The average molecular weight is 255 g/mol. The molecule has 5 heteroatoms. The van der Waals surface area contributed by atoms with Gasteiger partial charge in [0, 0.05) is 11.6 Å². The number of nitrogens with zero attached hydrogens (tertiary/aromatic N) is 1. The molecule has 2 N–H and O–H groups in total. The van der Waals surface area contributed by atoms with Gasteiger partial charge >= 0.3 is 0 Å². The average Bonchev–Trinajstić information content (AvgIpc) is 3.00. The highest BCUT2D eigenvalue weighted by molar-refractivity contribution is 5.91. The molecular formula is C14H13N3O2. The molecule has 1 saturated heterocycles. The molecular weight excluding hydrogens is 242 g/mol. The Morgan fingerprint density at radius 2 is 2.47 bits per heavy atom. The number of aromatic nitrogens is 1. The van der Waals surface area contributed by atoms with Crippen molar-refractivity contribution in [3.05, 3.63) is 30.2 Å². The number of amides is 1. The Morgan fingerprint density at radius 3 is 3.11 bits per heavy atom. The molecule has 0 aliphatic carbocycles. The lowest BCUT2D eigenvalue weighted by molar-refractivity contribution is -0.125. The molecule has 5 nitrogen and oxygen atoms in total. The number of furan rings is 1. The maximum atomic E-state index is 12.2. The van der Waals surface area contributed by atoms with Crippen LogP contribution in [0.15, 0.2) is 28.8 Å². The highest BCUT2D eigenvalue weighted by Crippen LogP contribution is 2.32. The van der Waals surface area contributed by atoms with Crippen molar-refractivity contribution in [2.24, 2.45) is 0 Å². The summed E-state index contributed by atoms with van der Waals surface area (Å²) in [6, 6.07) is 5.55. The second kappa shape index (κ2) is 4.11. The zero-order valence-electron chi connectivity index (χ0n) is 10.4. The third-order valence-corrected chi connectivity index (χ3v) is 3.47. The summed E-state index contributed by atoms with van der Waals surface area (Å²) in [5.74, 6) is 2.86. The second-order valence-corrected chi connectivity index (χ2v) is 4.48. The van der Waals surface area contributed by atoms with Gasteiger partial charge in [-0.15, -0.1) is 6.42 Å². The van der Waals surface area contributed by atoms with Crippen LogP contribution in [0.2, 0.25) is 0 Å². The van der Waals surface area contributed by atoms with Gasteiger partial charge in [0.1, 0.15) is 11.9 Å². The molecule has 1 fully saturated rings. The van der Waals surface area contributed by atoms with Crippen LogP contribution in [0.25, 0.3) is 11.1 Å². The lowest BCUT2D eigenvalue weighted by Gasteiger charge is -2.22. The van der Waals surface area contributed by atoms with Crippen molar-refractivity contribution in [2.75, 3.05) is 0 Å². The zero-order valence-corrected chi connectivity index (χ0v) is 10.4. The first-order chi connectivity index (χ1) is 9.19. The lowest BCUT2D eigenvalue weighted by Crippen LogP contribution is -2.43. The van der Waals surface area contributed by atoms with Crippen LogP contribution in [0, 0.1) is 12.3 Å². The van der Waals surface area contributed by atoms with E-state index in [0.717, 1.165) is 5.39 Å². The van der Waals surface area contributed by atoms with Crippen LogP contribution in [0.4, 0.5) is 0 Å². The topological polar surface area (TPSA) is 67.2 Å². The minimum absolute atomic E-state index is 0.169. The first kappa shape index (κ1) is 11.8. The van der Waals surface area contributed by atoms with E-state index in [2.05, 4.69) is 21.5 Å². The van der Waals surface area contributed by atoms with Gasteiger partial charge < -0.3 is 9.73 Å². The summed E-state index contributed by atoms with van der Waals surface area (Å²) in [7, 11) is 0. The fourth-order valence-corrected chi connectivity index (χ4v) is 2.39. The molecule has 19 heavy (non-hydrogen) atoms. The van der Waals surface area contributed by atoms with E-state index >= 15 is 0 Å². The molecule has 1 aliphatic heterocycles. The standard InChI is InChI=1S/C14H13N3O2/c1-3-11-16-13(18)14(4-2,17-11)10-8-9-6-5-7-15-12(9)19-10/h1,5-8,11,17H,4H2,2H3,(H,16,18)/t11?,14-/m0/s1. The third kappa shape index (κ3) is 1.61. The molecule has 2 aromatic rings. The Bertz CT molecular complexity index is 652. The minimum Gasteiger partial charge on any atom is -0.440 e. The second-order valence-electron chi connectivity index (χ2n) is 4.48. The molecule has 1 unspecified atom stereocenters. The van der Waals surface area contributed by atoms with Gasteiger partial charge in [0.15, 0.2) is 5.54 Å². The van der Waals surface area contributed by atoms with Gasteiger partial charge in [-0.3, -0.25) is 10.1 Å². The SMILES string of the molecule is C#CC1NC(=O)[C@](CC)(c2cc3cccnc3o2)N1. The van der Waals surface area contributed by atoms with Crippen LogP contribution in [-0.2, 0) is 10.3 Å². The zero-order chi connectivity index (χ0) is 13.5. The van der Waals surface area contributed by atoms with E-state index in [1.165, 1.54) is 0 Å². The molecule has 96 valence electrons. The summed E-state index contributed by atoms with van der Waals surface area (Å²) < 4.78 is 5.71. The van der Waals surface area contributed by atoms with Gasteiger partial charge in [-0.05, 0) is 24.6 Å². The van der Waals surface area contributed by atoms with Gasteiger partial charge in [-0.1, -0.05) is 12.8 Å². The number of hydrogen-bond donors (Lipinski definition) is 2. The van der Waals surface area contributed by atoms with E-state index in [0.29, 0.717) is 17.9 Å². The van der Waals surface area contributed by atoms with Crippen molar-refractivity contribution >= 4 is 17.0 Å². The van der Waals surface area contributed by atoms with Crippen LogP contribution >= 0.6 is 0 Å². The van der Waals surface area contributed by atoms with Crippen molar-refractivity contribution in [2.45, 2.75) is 25.0 Å². The van der Waals surface area contributed by atoms with Crippen molar-refractivity contribution < 1.29 is 9.21 Å². The van der Waals surface area contributed by atoms with Gasteiger partial charge in [0.05, 0.1) is 0 Å². The maximum Gasteiger partial charge on any atom is 0.250 e. The molecule has 0 spiro atoms. The normalized spacial score (nSPS) is 26.3. The summed E-state index contributed by atoms with van der Waals surface area (Å²) in [4.78, 5) is 16.4. The molecule has 0 saturated carbocycles. The largest absolute Gasteiger partial charge is 0.440 e. The first-order valence-electron chi connectivity index (χ1n) is 6.09. The van der Waals surface area contributed by atoms with Gasteiger partial charge in [0.2, 0.25) is 11.6 Å². The number of fused-ring (bicyclic) bond motifs is 1. The number of terminal acetylenes is 1. The molecule has 0 radical (unpaired) electrons. The highest BCUT2D eigenvalue weighted by atomic mass is 16.3. The summed E-state index contributed by atoms with van der Waals surface area (Å²) in [5, 5.41) is 6.70. The van der Waals surface area contributed by atoms with Crippen LogP contribution < -0.4 is 10.6 Å². The predicted molar refractivity (Wildman–Crippen MR) is 69.9 cm³/mol. The highest BCUT2D eigenvalue weighted by Gasteiger charge is 2.48. The van der Waals surface area contributed by atoms with Crippen molar-refractivity contribution in [3.8, 4) is 12.3 Å². The van der Waals surface area contributed by atoms with Gasteiger partial charge in [-0.2, -0.15) is 0 Å². The molecule has 2 aromatic heterocycles. The Morgan fingerprint density at radius 1 is 1.63 bits per heavy atom. The van der Waals surface area contributed by atoms with E-state index in [9.17, 15) is 4.79 Å². The third-order valence-electron chi connectivity index (χ3n) is 3.47. The van der Waals surface area contributed by atoms with E-state index in [-0.39, 0.29) is 5.91 Å². The van der Waals surface area contributed by atoms with Gasteiger partial charge in [-0.25, -0.2) is 4.98 Å². The van der Waals surface area contributed by atoms with E-state index < -0.39 is 11.7 Å². The summed E-state index contributed by atoms with van der Waals surface area (Å²) in [6.45, 7) is 1.91. The van der Waals surface area contributed by atoms with Crippen molar-refractivity contribution in [3.63, 3.8) is 0 Å².